The Morgan fingerprint density at radius 2 is 2.31 bits per heavy atom. The summed E-state index contributed by atoms with van der Waals surface area (Å²) in [4.78, 5) is 16.0. The van der Waals surface area contributed by atoms with Gasteiger partial charge in [0.25, 0.3) is 0 Å². The Kier molecular flexibility index (Phi) is 3.54. The van der Waals surface area contributed by atoms with Crippen LogP contribution >= 0.6 is 23.1 Å². The van der Waals surface area contributed by atoms with E-state index in [-0.39, 0.29) is 0 Å². The SMILES string of the molecule is CC(C)SCc1nc(C2CC2)c(C(=O)O)s1. The summed E-state index contributed by atoms with van der Waals surface area (Å²) in [6.45, 7) is 4.27. The summed E-state index contributed by atoms with van der Waals surface area (Å²) in [7, 11) is 0. The number of rotatable bonds is 5. The summed E-state index contributed by atoms with van der Waals surface area (Å²) >= 11 is 3.15. The molecule has 0 unspecified atom stereocenters. The van der Waals surface area contributed by atoms with Crippen molar-refractivity contribution in [1.82, 2.24) is 4.98 Å². The number of nitrogens with zero attached hydrogens (tertiary/aromatic N) is 1. The normalized spacial score (nSPS) is 15.7. The van der Waals surface area contributed by atoms with Crippen molar-refractivity contribution >= 4 is 29.1 Å². The molecule has 1 aromatic rings. The van der Waals surface area contributed by atoms with Gasteiger partial charge < -0.3 is 5.11 Å². The van der Waals surface area contributed by atoms with Crippen LogP contribution < -0.4 is 0 Å². The van der Waals surface area contributed by atoms with E-state index in [0.29, 0.717) is 16.0 Å². The molecule has 16 heavy (non-hydrogen) atoms. The summed E-state index contributed by atoms with van der Waals surface area (Å²) in [5, 5.41) is 10.6. The first-order valence-electron chi connectivity index (χ1n) is 5.42. The molecule has 1 N–H and O–H groups in total. The van der Waals surface area contributed by atoms with E-state index in [1.165, 1.54) is 11.3 Å². The molecule has 0 amide bonds. The van der Waals surface area contributed by atoms with Gasteiger partial charge in [0.15, 0.2) is 0 Å². The van der Waals surface area contributed by atoms with Gasteiger partial charge in [-0.1, -0.05) is 13.8 Å². The molecule has 1 fully saturated rings. The first-order valence-corrected chi connectivity index (χ1v) is 7.29. The number of carboxylic acid groups (broad SMARTS) is 1. The van der Waals surface area contributed by atoms with Gasteiger partial charge in [-0.3, -0.25) is 0 Å². The summed E-state index contributed by atoms with van der Waals surface area (Å²) < 4.78 is 0. The van der Waals surface area contributed by atoms with Crippen LogP contribution in [-0.4, -0.2) is 21.3 Å². The monoisotopic (exact) mass is 257 g/mol. The van der Waals surface area contributed by atoms with Crippen molar-refractivity contribution in [2.24, 2.45) is 0 Å². The lowest BCUT2D eigenvalue weighted by Crippen LogP contribution is -1.97. The lowest BCUT2D eigenvalue weighted by Gasteiger charge is -2.00. The van der Waals surface area contributed by atoms with E-state index < -0.39 is 5.97 Å². The molecule has 0 bridgehead atoms. The Labute approximate surface area is 103 Å². The van der Waals surface area contributed by atoms with Crippen LogP contribution in [0.1, 0.15) is 53.0 Å². The summed E-state index contributed by atoms with van der Waals surface area (Å²) in [5.41, 5.74) is 0.830. The van der Waals surface area contributed by atoms with Crippen molar-refractivity contribution in [3.63, 3.8) is 0 Å². The predicted octanol–water partition coefficient (Wildman–Crippen LogP) is 3.36. The quantitative estimate of drug-likeness (QED) is 0.878. The minimum absolute atomic E-state index is 0.417. The molecule has 0 aliphatic heterocycles. The Morgan fingerprint density at radius 3 is 2.81 bits per heavy atom. The van der Waals surface area contributed by atoms with Gasteiger partial charge in [-0.05, 0) is 18.1 Å². The first-order chi connectivity index (χ1) is 7.58. The zero-order chi connectivity index (χ0) is 11.7. The maximum atomic E-state index is 11.1. The van der Waals surface area contributed by atoms with Crippen LogP contribution in [0.3, 0.4) is 0 Å². The van der Waals surface area contributed by atoms with Crippen LogP contribution in [0.15, 0.2) is 0 Å². The largest absolute Gasteiger partial charge is 0.477 e. The highest BCUT2D eigenvalue weighted by atomic mass is 32.2. The Hall–Kier alpha value is -0.550. The van der Waals surface area contributed by atoms with Crippen LogP contribution in [0.25, 0.3) is 0 Å². The second kappa shape index (κ2) is 4.75. The van der Waals surface area contributed by atoms with E-state index in [0.717, 1.165) is 29.3 Å². The molecule has 1 saturated carbocycles. The van der Waals surface area contributed by atoms with Gasteiger partial charge in [0.1, 0.15) is 9.88 Å². The van der Waals surface area contributed by atoms with Crippen molar-refractivity contribution in [3.8, 4) is 0 Å². The Bertz CT molecular complexity index is 397. The van der Waals surface area contributed by atoms with Gasteiger partial charge in [-0.25, -0.2) is 9.78 Å². The lowest BCUT2D eigenvalue weighted by molar-refractivity contribution is 0.0700. The average molecular weight is 257 g/mol. The first kappa shape index (κ1) is 11.9. The molecule has 88 valence electrons. The highest BCUT2D eigenvalue weighted by Gasteiger charge is 2.31. The number of aromatic carboxylic acids is 1. The van der Waals surface area contributed by atoms with Gasteiger partial charge in [0.05, 0.1) is 5.69 Å². The maximum absolute atomic E-state index is 11.1. The molecule has 2 rings (SSSR count). The summed E-state index contributed by atoms with van der Waals surface area (Å²) in [6, 6.07) is 0. The number of hydrogen-bond donors (Lipinski definition) is 1. The molecule has 1 aliphatic rings. The molecule has 0 spiro atoms. The summed E-state index contributed by atoms with van der Waals surface area (Å²) in [5.74, 6) is 0.426. The van der Waals surface area contributed by atoms with Crippen LogP contribution in [0.2, 0.25) is 0 Å². The van der Waals surface area contributed by atoms with Gasteiger partial charge in [0.2, 0.25) is 0 Å². The third kappa shape index (κ3) is 2.77. The minimum atomic E-state index is -0.819. The van der Waals surface area contributed by atoms with Crippen LogP contribution in [0, 0.1) is 0 Å². The van der Waals surface area contributed by atoms with Crippen molar-refractivity contribution in [2.45, 2.75) is 43.6 Å². The fourth-order valence-corrected chi connectivity index (χ4v) is 3.23. The third-order valence-electron chi connectivity index (χ3n) is 2.40. The highest BCUT2D eigenvalue weighted by molar-refractivity contribution is 7.99. The number of aromatic nitrogens is 1. The molecule has 3 nitrogen and oxygen atoms in total. The van der Waals surface area contributed by atoms with Crippen molar-refractivity contribution in [1.29, 1.82) is 0 Å². The molecule has 5 heteroatoms. The van der Waals surface area contributed by atoms with E-state index >= 15 is 0 Å². The standard InChI is InChI=1S/C11H15NO2S2/c1-6(2)15-5-8-12-9(7-3-4-7)10(16-8)11(13)14/h6-7H,3-5H2,1-2H3,(H,13,14). The van der Waals surface area contributed by atoms with E-state index in [2.05, 4.69) is 18.8 Å². The molecule has 1 aliphatic carbocycles. The van der Waals surface area contributed by atoms with Gasteiger partial charge in [-0.2, -0.15) is 11.8 Å². The second-order valence-corrected chi connectivity index (χ2v) is 6.91. The number of carbonyl (C=O) groups is 1. The van der Waals surface area contributed by atoms with Gasteiger partial charge >= 0.3 is 5.97 Å². The van der Waals surface area contributed by atoms with E-state index in [9.17, 15) is 4.79 Å². The Morgan fingerprint density at radius 1 is 1.62 bits per heavy atom. The van der Waals surface area contributed by atoms with Gasteiger partial charge in [-0.15, -0.1) is 11.3 Å². The molecule has 1 aromatic heterocycles. The average Bonchev–Trinajstić information content (AvgIpc) is 2.95. The minimum Gasteiger partial charge on any atom is -0.477 e. The van der Waals surface area contributed by atoms with E-state index in [4.69, 9.17) is 5.11 Å². The third-order valence-corrected chi connectivity index (χ3v) is 4.74. The zero-order valence-corrected chi connectivity index (χ0v) is 11.0. The molecule has 0 saturated heterocycles. The van der Waals surface area contributed by atoms with E-state index in [1.807, 2.05) is 0 Å². The van der Waals surface area contributed by atoms with Crippen LogP contribution in [0.4, 0.5) is 0 Å². The highest BCUT2D eigenvalue weighted by Crippen LogP contribution is 2.43. The second-order valence-electron chi connectivity index (χ2n) is 4.26. The van der Waals surface area contributed by atoms with Crippen molar-refractivity contribution in [3.05, 3.63) is 15.6 Å². The molecule has 0 atom stereocenters. The zero-order valence-electron chi connectivity index (χ0n) is 9.40. The lowest BCUT2D eigenvalue weighted by atomic mass is 10.2. The molecular formula is C11H15NO2S2. The molecular weight excluding hydrogens is 242 g/mol. The van der Waals surface area contributed by atoms with E-state index in [1.54, 1.807) is 11.8 Å². The number of thiazole rings is 1. The topological polar surface area (TPSA) is 50.2 Å². The van der Waals surface area contributed by atoms with Crippen molar-refractivity contribution in [2.75, 3.05) is 0 Å². The smallest absolute Gasteiger partial charge is 0.347 e. The van der Waals surface area contributed by atoms with Crippen LogP contribution in [0.5, 0.6) is 0 Å². The molecule has 0 radical (unpaired) electrons. The number of hydrogen-bond acceptors (Lipinski definition) is 4. The van der Waals surface area contributed by atoms with Crippen LogP contribution in [-0.2, 0) is 5.75 Å². The number of carboxylic acids is 1. The molecule has 1 heterocycles. The summed E-state index contributed by atoms with van der Waals surface area (Å²) in [6.07, 6.45) is 2.20. The van der Waals surface area contributed by atoms with Gasteiger partial charge in [0, 0.05) is 11.7 Å². The fraction of sp³-hybridized carbons (Fsp3) is 0.636. The molecule has 0 aromatic carbocycles. The Balaban J connectivity index is 2.14. The predicted molar refractivity (Wildman–Crippen MR) is 67.5 cm³/mol. The maximum Gasteiger partial charge on any atom is 0.347 e. The van der Waals surface area contributed by atoms with Crippen molar-refractivity contribution < 1.29 is 9.90 Å². The fourth-order valence-electron chi connectivity index (χ4n) is 1.46. The number of thioether (sulfide) groups is 1.